The van der Waals surface area contributed by atoms with Crippen molar-refractivity contribution in [2.24, 2.45) is 12.5 Å². The molecule has 0 amide bonds. The minimum atomic E-state index is 0.0223. The zero-order valence-corrected chi connectivity index (χ0v) is 14.6. The molecule has 124 valence electrons. The van der Waals surface area contributed by atoms with Crippen LogP contribution in [-0.2, 0) is 20.0 Å². The van der Waals surface area contributed by atoms with Gasteiger partial charge in [-0.3, -0.25) is 14.2 Å². The number of allylic oxidation sites excluding steroid dienone is 2. The number of hydrogen-bond acceptors (Lipinski definition) is 2. The van der Waals surface area contributed by atoms with Gasteiger partial charge in [0.05, 0.1) is 16.9 Å². The van der Waals surface area contributed by atoms with Crippen LogP contribution in [-0.4, -0.2) is 19.3 Å². The molecule has 5 nitrogen and oxygen atoms in total. The van der Waals surface area contributed by atoms with Gasteiger partial charge in [0.1, 0.15) is 0 Å². The number of H-pyrrole nitrogens is 1. The summed E-state index contributed by atoms with van der Waals surface area (Å²) in [6.07, 6.45) is 12.4. The van der Waals surface area contributed by atoms with Crippen LogP contribution in [0.4, 0.5) is 0 Å². The largest absolute Gasteiger partial charge is 0.328 e. The van der Waals surface area contributed by atoms with Gasteiger partial charge in [-0.1, -0.05) is 39.0 Å². The molecule has 0 fully saturated rings. The average Bonchev–Trinajstić information content (AvgIpc) is 3.05. The minimum Gasteiger partial charge on any atom is -0.295 e. The number of aromatic nitrogens is 4. The molecule has 2 aromatic rings. The molecule has 2 rings (SSSR count). The van der Waals surface area contributed by atoms with Gasteiger partial charge in [-0.15, -0.1) is 0 Å². The fourth-order valence-electron chi connectivity index (χ4n) is 2.53. The van der Waals surface area contributed by atoms with Crippen LogP contribution in [0.5, 0.6) is 0 Å². The van der Waals surface area contributed by atoms with Crippen molar-refractivity contribution in [1.82, 2.24) is 19.3 Å². The highest BCUT2D eigenvalue weighted by molar-refractivity contribution is 5.37. The first-order valence-electron chi connectivity index (χ1n) is 7.90. The number of nitrogens with zero attached hydrogens (tertiary/aromatic N) is 3. The zero-order chi connectivity index (χ0) is 17.0. The standard InChI is InChI=1S/C18H26N4O/c1-6-7-8-16-15(10-9-14-11-19-20-12-14)21(5)17(23)22(16)13-18(2,3)4/h6-8,10-12H,9,13H2,1-5H3,(H,19,20). The second kappa shape index (κ2) is 6.86. The molecule has 0 aromatic carbocycles. The highest BCUT2D eigenvalue weighted by Gasteiger charge is 2.15. The third kappa shape index (κ3) is 4.12. The molecule has 0 atom stereocenters. The SMILES string of the molecule is CC=CC=c1c(=CCc2cn[nH]c2)n(C)c(=O)n1CC(C)(C)C. The second-order valence-electron chi connectivity index (χ2n) is 6.97. The van der Waals surface area contributed by atoms with Crippen molar-refractivity contribution in [2.45, 2.75) is 40.7 Å². The van der Waals surface area contributed by atoms with E-state index in [-0.39, 0.29) is 11.1 Å². The van der Waals surface area contributed by atoms with Crippen LogP contribution < -0.4 is 16.4 Å². The van der Waals surface area contributed by atoms with E-state index in [0.29, 0.717) is 6.54 Å². The predicted molar refractivity (Wildman–Crippen MR) is 94.4 cm³/mol. The minimum absolute atomic E-state index is 0.0223. The third-order valence-electron chi connectivity index (χ3n) is 3.60. The summed E-state index contributed by atoms with van der Waals surface area (Å²) in [5.74, 6) is 0. The van der Waals surface area contributed by atoms with E-state index in [1.165, 1.54) is 0 Å². The van der Waals surface area contributed by atoms with Crippen LogP contribution in [0.25, 0.3) is 12.2 Å². The van der Waals surface area contributed by atoms with E-state index in [1.54, 1.807) is 10.8 Å². The summed E-state index contributed by atoms with van der Waals surface area (Å²) in [5.41, 5.74) is 1.15. The van der Waals surface area contributed by atoms with Crippen molar-refractivity contribution >= 4 is 12.2 Å². The zero-order valence-electron chi connectivity index (χ0n) is 14.6. The fourth-order valence-corrected chi connectivity index (χ4v) is 2.53. The van der Waals surface area contributed by atoms with Gasteiger partial charge in [0.25, 0.3) is 0 Å². The van der Waals surface area contributed by atoms with E-state index in [2.05, 4.69) is 37.0 Å². The maximum atomic E-state index is 12.7. The van der Waals surface area contributed by atoms with E-state index in [9.17, 15) is 4.79 Å². The van der Waals surface area contributed by atoms with Gasteiger partial charge in [0, 0.05) is 19.8 Å². The molecule has 2 heterocycles. The Morgan fingerprint density at radius 3 is 2.61 bits per heavy atom. The maximum Gasteiger partial charge on any atom is 0.328 e. The molecule has 1 N–H and O–H groups in total. The van der Waals surface area contributed by atoms with Gasteiger partial charge in [-0.25, -0.2) is 4.79 Å². The first kappa shape index (κ1) is 17.1. The maximum absolute atomic E-state index is 12.7. The lowest BCUT2D eigenvalue weighted by Gasteiger charge is -2.18. The number of rotatable bonds is 4. The summed E-state index contributed by atoms with van der Waals surface area (Å²) in [6, 6.07) is 0. The average molecular weight is 314 g/mol. The summed E-state index contributed by atoms with van der Waals surface area (Å²) in [4.78, 5) is 12.7. The molecule has 0 aliphatic carbocycles. The van der Waals surface area contributed by atoms with Gasteiger partial charge in [-0.2, -0.15) is 5.10 Å². The van der Waals surface area contributed by atoms with Crippen LogP contribution in [0, 0.1) is 5.41 Å². The Balaban J connectivity index is 2.64. The first-order valence-corrected chi connectivity index (χ1v) is 7.90. The number of nitrogens with one attached hydrogen (secondary N) is 1. The lowest BCUT2D eigenvalue weighted by molar-refractivity contribution is 0.333. The monoisotopic (exact) mass is 314 g/mol. The highest BCUT2D eigenvalue weighted by Crippen LogP contribution is 2.13. The summed E-state index contributed by atoms with van der Waals surface area (Å²) >= 11 is 0. The molecular formula is C18H26N4O. The van der Waals surface area contributed by atoms with Crippen LogP contribution in [0.15, 0.2) is 29.3 Å². The molecule has 0 unspecified atom stereocenters. The normalized spacial score (nSPS) is 14.3. The van der Waals surface area contributed by atoms with Crippen LogP contribution in [0.3, 0.4) is 0 Å². The highest BCUT2D eigenvalue weighted by atomic mass is 16.1. The molecule has 23 heavy (non-hydrogen) atoms. The molecule has 5 heteroatoms. The van der Waals surface area contributed by atoms with E-state index in [0.717, 1.165) is 22.7 Å². The van der Waals surface area contributed by atoms with Crippen molar-refractivity contribution in [3.63, 3.8) is 0 Å². The molecule has 0 saturated heterocycles. The summed E-state index contributed by atoms with van der Waals surface area (Å²) in [6.45, 7) is 9.07. The van der Waals surface area contributed by atoms with Crippen molar-refractivity contribution in [3.8, 4) is 0 Å². The Hall–Kier alpha value is -2.30. The smallest absolute Gasteiger partial charge is 0.295 e. The molecular weight excluding hydrogens is 288 g/mol. The summed E-state index contributed by atoms with van der Waals surface area (Å²) in [7, 11) is 1.83. The van der Waals surface area contributed by atoms with Crippen molar-refractivity contribution in [2.75, 3.05) is 0 Å². The lowest BCUT2D eigenvalue weighted by atomic mass is 9.97. The molecule has 0 radical (unpaired) electrons. The van der Waals surface area contributed by atoms with Gasteiger partial charge in [0.2, 0.25) is 0 Å². The molecule has 2 aromatic heterocycles. The van der Waals surface area contributed by atoms with E-state index in [1.807, 2.05) is 43.0 Å². The second-order valence-corrected chi connectivity index (χ2v) is 6.97. The number of imidazole rings is 1. The molecule has 0 aliphatic rings. The van der Waals surface area contributed by atoms with Crippen LogP contribution >= 0.6 is 0 Å². The number of hydrogen-bond donors (Lipinski definition) is 1. The summed E-state index contributed by atoms with van der Waals surface area (Å²) < 4.78 is 3.59. The van der Waals surface area contributed by atoms with Crippen LogP contribution in [0.1, 0.15) is 33.3 Å². The van der Waals surface area contributed by atoms with Gasteiger partial charge in [-0.05, 0) is 30.4 Å². The van der Waals surface area contributed by atoms with Gasteiger partial charge in [0.15, 0.2) is 0 Å². The van der Waals surface area contributed by atoms with E-state index >= 15 is 0 Å². The fraction of sp³-hybridized carbons (Fsp3) is 0.444. The third-order valence-corrected chi connectivity index (χ3v) is 3.60. The quantitative estimate of drug-likeness (QED) is 0.926. The van der Waals surface area contributed by atoms with Gasteiger partial charge < -0.3 is 0 Å². The van der Waals surface area contributed by atoms with Crippen molar-refractivity contribution in [1.29, 1.82) is 0 Å². The molecule has 0 saturated carbocycles. The predicted octanol–water partition coefficient (Wildman–Crippen LogP) is 1.34. The lowest BCUT2D eigenvalue weighted by Crippen LogP contribution is -2.36. The topological polar surface area (TPSA) is 55.6 Å². The molecule has 0 spiro atoms. The Labute approximate surface area is 136 Å². The van der Waals surface area contributed by atoms with E-state index in [4.69, 9.17) is 0 Å². The van der Waals surface area contributed by atoms with Gasteiger partial charge >= 0.3 is 5.69 Å². The molecule has 0 aliphatic heterocycles. The van der Waals surface area contributed by atoms with Crippen LogP contribution in [0.2, 0.25) is 0 Å². The molecule has 0 bridgehead atoms. The Kier molecular flexibility index (Phi) is 5.08. The Bertz CT molecular complexity index is 843. The van der Waals surface area contributed by atoms with Crippen molar-refractivity contribution in [3.05, 3.63) is 51.3 Å². The Morgan fingerprint density at radius 1 is 1.30 bits per heavy atom. The number of aromatic amines is 1. The summed E-state index contributed by atoms with van der Waals surface area (Å²) in [5, 5.41) is 8.67. The Morgan fingerprint density at radius 2 is 2.04 bits per heavy atom. The van der Waals surface area contributed by atoms with Crippen molar-refractivity contribution < 1.29 is 0 Å². The first-order chi connectivity index (χ1) is 10.8. The van der Waals surface area contributed by atoms with E-state index < -0.39 is 0 Å².